The van der Waals surface area contributed by atoms with E-state index in [1.165, 1.54) is 0 Å². The minimum atomic E-state index is 0.0487. The second kappa shape index (κ2) is 6.28. The predicted octanol–water partition coefficient (Wildman–Crippen LogP) is 2.50. The van der Waals surface area contributed by atoms with Crippen LogP contribution < -0.4 is 10.6 Å². The van der Waals surface area contributed by atoms with E-state index in [0.29, 0.717) is 0 Å². The van der Waals surface area contributed by atoms with Crippen LogP contribution in [0.3, 0.4) is 0 Å². The molecule has 1 aromatic heterocycles. The molecule has 0 radical (unpaired) electrons. The van der Waals surface area contributed by atoms with Gasteiger partial charge in [0, 0.05) is 25.8 Å². The number of hydrogen-bond donors (Lipinski definition) is 1. The van der Waals surface area contributed by atoms with Crippen molar-refractivity contribution in [2.75, 3.05) is 18.5 Å². The quantitative estimate of drug-likeness (QED) is 0.590. The van der Waals surface area contributed by atoms with Crippen LogP contribution in [-0.2, 0) is 0 Å². The summed E-state index contributed by atoms with van der Waals surface area (Å²) in [5.74, 6) is 0.994. The fourth-order valence-corrected chi connectivity index (χ4v) is 1.48. The summed E-state index contributed by atoms with van der Waals surface area (Å²) >= 11 is 0. The van der Waals surface area contributed by atoms with Crippen molar-refractivity contribution in [1.29, 1.82) is 0 Å². The SMILES string of the molecule is C=CCCCN(C)c1ccc([C@@H](C)N)cn1. The fourth-order valence-electron chi connectivity index (χ4n) is 1.48. The average molecular weight is 219 g/mol. The standard InChI is InChI=1S/C13H21N3/c1-4-5-6-9-16(3)13-8-7-12(10-15-13)11(2)14/h4,7-8,10-11H,1,5-6,9,14H2,2-3H3/t11-/m1/s1. The summed E-state index contributed by atoms with van der Waals surface area (Å²) in [4.78, 5) is 6.55. The molecule has 88 valence electrons. The van der Waals surface area contributed by atoms with Crippen LogP contribution in [0.1, 0.15) is 31.4 Å². The van der Waals surface area contributed by atoms with Gasteiger partial charge in [-0.2, -0.15) is 0 Å². The zero-order valence-electron chi connectivity index (χ0n) is 10.2. The van der Waals surface area contributed by atoms with Crippen molar-refractivity contribution in [2.24, 2.45) is 5.73 Å². The molecule has 16 heavy (non-hydrogen) atoms. The zero-order chi connectivity index (χ0) is 12.0. The Morgan fingerprint density at radius 2 is 2.31 bits per heavy atom. The summed E-state index contributed by atoms with van der Waals surface area (Å²) in [7, 11) is 2.05. The number of pyridine rings is 1. The number of allylic oxidation sites excluding steroid dienone is 1. The first-order chi connectivity index (χ1) is 7.65. The van der Waals surface area contributed by atoms with E-state index in [4.69, 9.17) is 5.73 Å². The summed E-state index contributed by atoms with van der Waals surface area (Å²) in [6.07, 6.45) is 5.95. The fraction of sp³-hybridized carbons (Fsp3) is 0.462. The smallest absolute Gasteiger partial charge is 0.128 e. The maximum absolute atomic E-state index is 5.77. The van der Waals surface area contributed by atoms with E-state index < -0.39 is 0 Å². The number of nitrogens with two attached hydrogens (primary N) is 1. The topological polar surface area (TPSA) is 42.1 Å². The van der Waals surface area contributed by atoms with Crippen LogP contribution in [0.25, 0.3) is 0 Å². The van der Waals surface area contributed by atoms with Crippen LogP contribution >= 0.6 is 0 Å². The van der Waals surface area contributed by atoms with Gasteiger partial charge in [0.25, 0.3) is 0 Å². The van der Waals surface area contributed by atoms with Crippen molar-refractivity contribution in [3.63, 3.8) is 0 Å². The maximum Gasteiger partial charge on any atom is 0.128 e. The predicted molar refractivity (Wildman–Crippen MR) is 69.5 cm³/mol. The summed E-state index contributed by atoms with van der Waals surface area (Å²) < 4.78 is 0. The van der Waals surface area contributed by atoms with Crippen molar-refractivity contribution in [2.45, 2.75) is 25.8 Å². The summed E-state index contributed by atoms with van der Waals surface area (Å²) in [6.45, 7) is 6.67. The highest BCUT2D eigenvalue weighted by molar-refractivity contribution is 5.38. The molecule has 0 amide bonds. The van der Waals surface area contributed by atoms with Crippen molar-refractivity contribution in [1.82, 2.24) is 4.98 Å². The Balaban J connectivity index is 2.55. The second-order valence-electron chi connectivity index (χ2n) is 4.09. The van der Waals surface area contributed by atoms with Gasteiger partial charge < -0.3 is 10.6 Å². The van der Waals surface area contributed by atoms with Crippen LogP contribution in [0.2, 0.25) is 0 Å². The maximum atomic E-state index is 5.77. The summed E-state index contributed by atoms with van der Waals surface area (Å²) in [5, 5.41) is 0. The third-order valence-corrected chi connectivity index (χ3v) is 2.59. The lowest BCUT2D eigenvalue weighted by atomic mass is 10.1. The van der Waals surface area contributed by atoms with Gasteiger partial charge in [0.2, 0.25) is 0 Å². The van der Waals surface area contributed by atoms with E-state index in [1.54, 1.807) is 0 Å². The van der Waals surface area contributed by atoms with Gasteiger partial charge >= 0.3 is 0 Å². The number of anilines is 1. The molecule has 0 bridgehead atoms. The average Bonchev–Trinajstić information content (AvgIpc) is 2.29. The lowest BCUT2D eigenvalue weighted by Gasteiger charge is -2.18. The van der Waals surface area contributed by atoms with E-state index in [-0.39, 0.29) is 6.04 Å². The monoisotopic (exact) mass is 219 g/mol. The van der Waals surface area contributed by atoms with Gasteiger partial charge in [-0.15, -0.1) is 6.58 Å². The van der Waals surface area contributed by atoms with Crippen molar-refractivity contribution in [3.8, 4) is 0 Å². The van der Waals surface area contributed by atoms with Crippen LogP contribution in [0.4, 0.5) is 5.82 Å². The third-order valence-electron chi connectivity index (χ3n) is 2.59. The molecule has 0 aliphatic carbocycles. The molecule has 3 nitrogen and oxygen atoms in total. The minimum Gasteiger partial charge on any atom is -0.360 e. The van der Waals surface area contributed by atoms with Gasteiger partial charge in [0.15, 0.2) is 0 Å². The number of aromatic nitrogens is 1. The molecule has 1 aromatic rings. The minimum absolute atomic E-state index is 0.0487. The van der Waals surface area contributed by atoms with Gasteiger partial charge in [-0.05, 0) is 31.4 Å². The molecular formula is C13H21N3. The molecule has 0 saturated carbocycles. The van der Waals surface area contributed by atoms with E-state index in [1.807, 2.05) is 31.3 Å². The summed E-state index contributed by atoms with van der Waals surface area (Å²) in [5.41, 5.74) is 6.85. The van der Waals surface area contributed by atoms with E-state index in [0.717, 1.165) is 30.8 Å². The first kappa shape index (κ1) is 12.7. The highest BCUT2D eigenvalue weighted by atomic mass is 15.2. The Morgan fingerprint density at radius 1 is 1.56 bits per heavy atom. The van der Waals surface area contributed by atoms with Gasteiger partial charge in [0.1, 0.15) is 5.82 Å². The van der Waals surface area contributed by atoms with Gasteiger partial charge in [0.05, 0.1) is 0 Å². The Labute approximate surface area is 98.0 Å². The van der Waals surface area contributed by atoms with Crippen LogP contribution in [0.5, 0.6) is 0 Å². The van der Waals surface area contributed by atoms with Gasteiger partial charge in [-0.3, -0.25) is 0 Å². The first-order valence-electron chi connectivity index (χ1n) is 5.68. The summed E-state index contributed by atoms with van der Waals surface area (Å²) in [6, 6.07) is 4.11. The molecule has 0 spiro atoms. The molecule has 3 heteroatoms. The molecule has 0 aliphatic heterocycles. The molecule has 2 N–H and O–H groups in total. The lowest BCUT2D eigenvalue weighted by molar-refractivity contribution is 0.783. The zero-order valence-corrected chi connectivity index (χ0v) is 10.2. The number of rotatable bonds is 6. The highest BCUT2D eigenvalue weighted by Gasteiger charge is 2.03. The largest absolute Gasteiger partial charge is 0.360 e. The number of unbranched alkanes of at least 4 members (excludes halogenated alkanes) is 1. The third kappa shape index (κ3) is 3.66. The molecule has 0 aliphatic rings. The molecule has 0 unspecified atom stereocenters. The molecule has 1 atom stereocenters. The van der Waals surface area contributed by atoms with Crippen molar-refractivity contribution < 1.29 is 0 Å². The van der Waals surface area contributed by atoms with Crippen molar-refractivity contribution in [3.05, 3.63) is 36.5 Å². The Morgan fingerprint density at radius 3 is 2.81 bits per heavy atom. The molecular weight excluding hydrogens is 198 g/mol. The molecule has 0 saturated heterocycles. The van der Waals surface area contributed by atoms with Crippen LogP contribution in [0.15, 0.2) is 31.0 Å². The Kier molecular flexibility index (Phi) is 4.99. The van der Waals surface area contributed by atoms with Crippen molar-refractivity contribution >= 4 is 5.82 Å². The Bertz CT molecular complexity index is 316. The van der Waals surface area contributed by atoms with Gasteiger partial charge in [-0.1, -0.05) is 12.1 Å². The Hall–Kier alpha value is -1.35. The number of hydrogen-bond acceptors (Lipinski definition) is 3. The van der Waals surface area contributed by atoms with E-state index in [9.17, 15) is 0 Å². The molecule has 0 fully saturated rings. The van der Waals surface area contributed by atoms with Gasteiger partial charge in [-0.25, -0.2) is 4.98 Å². The highest BCUT2D eigenvalue weighted by Crippen LogP contribution is 2.13. The van der Waals surface area contributed by atoms with E-state index in [2.05, 4.69) is 23.5 Å². The van der Waals surface area contributed by atoms with Crippen LogP contribution in [0, 0.1) is 0 Å². The molecule has 1 rings (SSSR count). The van der Waals surface area contributed by atoms with E-state index >= 15 is 0 Å². The second-order valence-corrected chi connectivity index (χ2v) is 4.09. The number of nitrogens with zero attached hydrogens (tertiary/aromatic N) is 2. The lowest BCUT2D eigenvalue weighted by Crippen LogP contribution is -2.19. The molecule has 0 aromatic carbocycles. The molecule has 1 heterocycles. The van der Waals surface area contributed by atoms with Crippen LogP contribution in [-0.4, -0.2) is 18.6 Å². The normalized spacial score (nSPS) is 12.2. The first-order valence-corrected chi connectivity index (χ1v) is 5.68.